The van der Waals surface area contributed by atoms with E-state index in [1.807, 2.05) is 72.8 Å². The second kappa shape index (κ2) is 17.9. The highest BCUT2D eigenvalue weighted by Gasteiger charge is 2.33. The van der Waals surface area contributed by atoms with Crippen LogP contribution in [0.15, 0.2) is 102 Å². The number of aromatic nitrogens is 4. The summed E-state index contributed by atoms with van der Waals surface area (Å²) in [5, 5.41) is 43.9. The molecule has 4 N–H and O–H groups in total. The molecule has 3 atom stereocenters. The number of phenolic OH excluding ortho intramolecular Hbond substituents is 1. The van der Waals surface area contributed by atoms with Gasteiger partial charge in [0.25, 0.3) is 0 Å². The molecular weight excluding hydrogens is 683 g/mol. The van der Waals surface area contributed by atoms with Crippen LogP contribution in [0.25, 0.3) is 16.8 Å². The lowest BCUT2D eigenvalue weighted by Crippen LogP contribution is -2.31. The van der Waals surface area contributed by atoms with Crippen LogP contribution in [0.1, 0.15) is 73.2 Å². The van der Waals surface area contributed by atoms with Gasteiger partial charge in [0.05, 0.1) is 24.5 Å². The van der Waals surface area contributed by atoms with E-state index in [-0.39, 0.29) is 36.9 Å². The van der Waals surface area contributed by atoms with Gasteiger partial charge in [0.2, 0.25) is 11.1 Å². The van der Waals surface area contributed by atoms with Gasteiger partial charge in [-0.25, -0.2) is 0 Å². The Morgan fingerprint density at radius 1 is 0.865 bits per heavy atom. The van der Waals surface area contributed by atoms with Gasteiger partial charge < -0.3 is 30.1 Å². The highest BCUT2D eigenvalue weighted by Crippen LogP contribution is 2.40. The number of rotatable bonds is 16. The van der Waals surface area contributed by atoms with E-state index >= 15 is 0 Å². The smallest absolute Gasteiger partial charge is 0.303 e. The molecule has 0 saturated carbocycles. The van der Waals surface area contributed by atoms with Gasteiger partial charge in [0, 0.05) is 37.1 Å². The highest BCUT2D eigenvalue weighted by atomic mass is 32.2. The highest BCUT2D eigenvalue weighted by molar-refractivity contribution is 7.99. The van der Waals surface area contributed by atoms with Crippen LogP contribution >= 0.6 is 11.8 Å². The van der Waals surface area contributed by atoms with Crippen molar-refractivity contribution in [3.8, 4) is 22.6 Å². The monoisotopic (exact) mass is 723 g/mol. The summed E-state index contributed by atoms with van der Waals surface area (Å²) in [5.41, 5.74) is 6.38. The fourth-order valence-corrected chi connectivity index (χ4v) is 6.92. The molecule has 0 bridgehead atoms. The van der Waals surface area contributed by atoms with Crippen molar-refractivity contribution < 1.29 is 34.4 Å². The Kier molecular flexibility index (Phi) is 12.6. The second-order valence-corrected chi connectivity index (χ2v) is 13.5. The fourth-order valence-electron chi connectivity index (χ4n) is 6.01. The Morgan fingerprint density at radius 2 is 1.60 bits per heavy atom. The van der Waals surface area contributed by atoms with E-state index < -0.39 is 12.3 Å². The average molecular weight is 724 g/mol. The van der Waals surface area contributed by atoms with Gasteiger partial charge >= 0.3 is 5.97 Å². The number of aliphatic hydroxyl groups excluding tert-OH is 1. The number of aliphatic carboxylic acids is 1. The average Bonchev–Trinajstić information content (AvgIpc) is 3.65. The predicted molar refractivity (Wildman–Crippen MR) is 194 cm³/mol. The molecule has 0 unspecified atom stereocenters. The molecule has 1 saturated heterocycles. The number of benzene rings is 4. The minimum Gasteiger partial charge on any atom is -0.508 e. The van der Waals surface area contributed by atoms with E-state index in [2.05, 4.69) is 20.8 Å². The minimum atomic E-state index is -0.815. The van der Waals surface area contributed by atoms with E-state index in [9.17, 15) is 19.8 Å². The van der Waals surface area contributed by atoms with Crippen LogP contribution in [0.4, 0.5) is 0 Å². The van der Waals surface area contributed by atoms with Crippen molar-refractivity contribution in [2.45, 2.75) is 75.3 Å². The fraction of sp³-hybridized carbons (Fsp3) is 0.308. The molecule has 1 amide bonds. The number of nitrogens with one attached hydrogen (secondary N) is 1. The summed E-state index contributed by atoms with van der Waals surface area (Å²) in [6, 6.07) is 30.4. The molecule has 270 valence electrons. The molecule has 6 rings (SSSR count). The zero-order chi connectivity index (χ0) is 36.3. The van der Waals surface area contributed by atoms with Crippen molar-refractivity contribution in [1.82, 2.24) is 25.5 Å². The first-order valence-corrected chi connectivity index (χ1v) is 18.2. The Labute approximate surface area is 305 Å². The molecule has 12 nitrogen and oxygen atoms in total. The number of hydrogen-bond donors (Lipinski definition) is 4. The molecule has 13 heteroatoms. The van der Waals surface area contributed by atoms with E-state index in [0.29, 0.717) is 49.6 Å². The lowest BCUT2D eigenvalue weighted by atomic mass is 9.97. The van der Waals surface area contributed by atoms with Crippen LogP contribution in [-0.4, -0.2) is 59.3 Å². The zero-order valence-electron chi connectivity index (χ0n) is 28.5. The molecule has 0 radical (unpaired) electrons. The summed E-state index contributed by atoms with van der Waals surface area (Å²) in [4.78, 5) is 23.2. The molecule has 0 aliphatic carbocycles. The first-order chi connectivity index (χ1) is 25.4. The number of phenols is 1. The number of carboxylic acid groups (broad SMARTS) is 1. The summed E-state index contributed by atoms with van der Waals surface area (Å²) in [6.45, 7) is 0.345. The molecule has 0 spiro atoms. The molecule has 1 aliphatic heterocycles. The van der Waals surface area contributed by atoms with Gasteiger partial charge in [0.1, 0.15) is 5.75 Å². The van der Waals surface area contributed by atoms with E-state index in [1.54, 1.807) is 28.9 Å². The largest absolute Gasteiger partial charge is 0.508 e. The number of carbonyl (C=O) groups is 2. The number of carbonyl (C=O) groups excluding carboxylic acids is 1. The summed E-state index contributed by atoms with van der Waals surface area (Å²) in [5.74, 6) is -0.156. The molecule has 5 aromatic rings. The number of carboxylic acids is 1. The lowest BCUT2D eigenvalue weighted by molar-refractivity contribution is -0.245. The van der Waals surface area contributed by atoms with E-state index in [1.165, 1.54) is 11.8 Å². The summed E-state index contributed by atoms with van der Waals surface area (Å²) in [7, 11) is 0. The number of tetrazole rings is 1. The van der Waals surface area contributed by atoms with Crippen molar-refractivity contribution in [3.05, 3.63) is 119 Å². The van der Waals surface area contributed by atoms with E-state index in [0.717, 1.165) is 39.1 Å². The minimum absolute atomic E-state index is 0.0371. The number of unbranched alkanes of at least 4 members (excludes halogenated alkanes) is 2. The van der Waals surface area contributed by atoms with Gasteiger partial charge in [-0.15, -0.1) is 5.10 Å². The first-order valence-electron chi connectivity index (χ1n) is 17.2. The lowest BCUT2D eigenvalue weighted by Gasteiger charge is -2.36. The number of hydrogen-bond acceptors (Lipinski definition) is 10. The van der Waals surface area contributed by atoms with Gasteiger partial charge in [0.15, 0.2) is 6.29 Å². The third kappa shape index (κ3) is 9.82. The second-order valence-electron chi connectivity index (χ2n) is 12.6. The predicted octanol–water partition coefficient (Wildman–Crippen LogP) is 6.52. The molecular formula is C39H41N5O7S. The van der Waals surface area contributed by atoms with Gasteiger partial charge in [-0.1, -0.05) is 91.0 Å². The number of thioether (sulfide) groups is 1. The van der Waals surface area contributed by atoms with Crippen molar-refractivity contribution in [3.63, 3.8) is 0 Å². The van der Waals surface area contributed by atoms with Crippen LogP contribution in [-0.2, 0) is 32.2 Å². The summed E-state index contributed by atoms with van der Waals surface area (Å²) in [6.07, 6.45) is 1.90. The van der Waals surface area contributed by atoms with Crippen LogP contribution in [0.3, 0.4) is 0 Å². The standard InChI is InChI=1S/C39H41N5O7S/c45-24-26-10-12-28(13-11-26)35-22-33(25-52-39-41-42-43-44(39)31-18-20-32(46)21-19-31)50-38(51-35)29-16-14-27(15-17-29)34-7-5-4-6-30(34)23-40-36(47)8-2-1-3-9-37(48)49/h4-7,10-21,33,35,38,45-46H,1-3,8-9,22-25H2,(H,40,47)(H,48,49)/t33-,35+,38+/m1/s1. The zero-order valence-corrected chi connectivity index (χ0v) is 29.3. The van der Waals surface area contributed by atoms with Crippen LogP contribution in [0.2, 0.25) is 0 Å². The Bertz CT molecular complexity index is 1920. The SMILES string of the molecule is O=C(O)CCCCCC(=O)NCc1ccccc1-c1ccc([C@H]2O[C@@H](CSc3nnnn3-c3ccc(O)cc3)C[C@@H](c3ccc(CO)cc3)O2)cc1. The third-order valence-corrected chi connectivity index (χ3v) is 9.88. The Morgan fingerprint density at radius 3 is 2.35 bits per heavy atom. The maximum absolute atomic E-state index is 12.5. The molecule has 2 heterocycles. The third-order valence-electron chi connectivity index (χ3n) is 8.83. The number of nitrogens with zero attached hydrogens (tertiary/aromatic N) is 4. The van der Waals surface area contributed by atoms with Crippen molar-refractivity contribution in [1.29, 1.82) is 0 Å². The molecule has 1 fully saturated rings. The molecule has 1 aromatic heterocycles. The molecule has 4 aromatic carbocycles. The van der Waals surface area contributed by atoms with E-state index in [4.69, 9.17) is 14.6 Å². The Balaban J connectivity index is 1.14. The number of aromatic hydroxyl groups is 1. The molecule has 1 aliphatic rings. The van der Waals surface area contributed by atoms with Crippen molar-refractivity contribution >= 4 is 23.6 Å². The number of amides is 1. The van der Waals surface area contributed by atoms with Crippen LogP contribution < -0.4 is 5.32 Å². The quantitative estimate of drug-likeness (QED) is 0.0646. The topological polar surface area (TPSA) is 169 Å². The normalized spacial score (nSPS) is 17.1. The van der Waals surface area contributed by atoms with Gasteiger partial charge in [-0.3, -0.25) is 9.59 Å². The number of aliphatic hydroxyl groups is 1. The Hall–Kier alpha value is -5.08. The number of ether oxygens (including phenoxy) is 2. The summed E-state index contributed by atoms with van der Waals surface area (Å²) < 4.78 is 14.7. The van der Waals surface area contributed by atoms with Gasteiger partial charge in [-0.2, -0.15) is 4.68 Å². The van der Waals surface area contributed by atoms with Crippen molar-refractivity contribution in [2.24, 2.45) is 0 Å². The van der Waals surface area contributed by atoms with Crippen LogP contribution in [0.5, 0.6) is 5.75 Å². The van der Waals surface area contributed by atoms with Crippen molar-refractivity contribution in [2.75, 3.05) is 5.75 Å². The molecule has 52 heavy (non-hydrogen) atoms. The van der Waals surface area contributed by atoms with Gasteiger partial charge in [-0.05, 0) is 75.4 Å². The summed E-state index contributed by atoms with van der Waals surface area (Å²) >= 11 is 1.47. The maximum atomic E-state index is 12.5. The first kappa shape index (κ1) is 36.7. The van der Waals surface area contributed by atoms with Crippen LogP contribution in [0, 0.1) is 0 Å². The maximum Gasteiger partial charge on any atom is 0.303 e.